The molecule has 1 amide bonds. The Kier molecular flexibility index (Phi) is 5.12. The Balaban J connectivity index is 2.57. The van der Waals surface area contributed by atoms with Gasteiger partial charge in [-0.15, -0.1) is 0 Å². The van der Waals surface area contributed by atoms with E-state index in [0.29, 0.717) is 10.6 Å². The van der Waals surface area contributed by atoms with Crippen LogP contribution in [0.2, 0.25) is 5.02 Å². The number of hydrogen-bond donors (Lipinski definition) is 1. The first-order valence-corrected chi connectivity index (χ1v) is 6.26. The third-order valence-electron chi connectivity index (χ3n) is 2.03. The second-order valence-corrected chi connectivity index (χ2v) is 4.59. The second-order valence-electron chi connectivity index (χ2n) is 3.36. The molecule has 0 saturated carbocycles. The van der Waals surface area contributed by atoms with Crippen LogP contribution in [0.5, 0.6) is 0 Å². The summed E-state index contributed by atoms with van der Waals surface area (Å²) in [7, 11) is 0. The molecule has 15 heavy (non-hydrogen) atoms. The number of alkyl halides is 1. The normalized spacial score (nSPS) is 12.2. The van der Waals surface area contributed by atoms with E-state index < -0.39 is 0 Å². The van der Waals surface area contributed by atoms with E-state index in [9.17, 15) is 4.79 Å². The SMILES string of the molecule is CC(CCBr)NC(=O)c1ccc(Cl)cc1. The van der Waals surface area contributed by atoms with Gasteiger partial charge in [-0.05, 0) is 37.6 Å². The highest BCUT2D eigenvalue weighted by Gasteiger charge is 2.08. The standard InChI is InChI=1S/C11H13BrClNO/c1-8(6-7-12)14-11(15)9-2-4-10(13)5-3-9/h2-5,8H,6-7H2,1H3,(H,14,15). The Bertz CT molecular complexity index is 326. The molecule has 1 aromatic carbocycles. The third kappa shape index (κ3) is 4.22. The first-order valence-electron chi connectivity index (χ1n) is 4.76. The summed E-state index contributed by atoms with van der Waals surface area (Å²) in [6.45, 7) is 1.98. The minimum atomic E-state index is -0.0554. The van der Waals surface area contributed by atoms with Gasteiger partial charge in [-0.25, -0.2) is 0 Å². The summed E-state index contributed by atoms with van der Waals surface area (Å²) < 4.78 is 0. The minimum Gasteiger partial charge on any atom is -0.350 e. The van der Waals surface area contributed by atoms with Crippen LogP contribution in [0.25, 0.3) is 0 Å². The Morgan fingerprint density at radius 2 is 2.07 bits per heavy atom. The molecule has 1 atom stereocenters. The summed E-state index contributed by atoms with van der Waals surface area (Å²) in [6.07, 6.45) is 0.916. The summed E-state index contributed by atoms with van der Waals surface area (Å²) in [5.74, 6) is -0.0554. The Hall–Kier alpha value is -0.540. The number of benzene rings is 1. The number of hydrogen-bond acceptors (Lipinski definition) is 1. The highest BCUT2D eigenvalue weighted by Crippen LogP contribution is 2.09. The number of amides is 1. The second kappa shape index (κ2) is 6.13. The fourth-order valence-electron chi connectivity index (χ4n) is 1.14. The van der Waals surface area contributed by atoms with Crippen molar-refractivity contribution in [3.8, 4) is 0 Å². The van der Waals surface area contributed by atoms with Gasteiger partial charge >= 0.3 is 0 Å². The third-order valence-corrected chi connectivity index (χ3v) is 2.74. The predicted octanol–water partition coefficient (Wildman–Crippen LogP) is 3.24. The molecule has 2 nitrogen and oxygen atoms in total. The quantitative estimate of drug-likeness (QED) is 0.848. The van der Waals surface area contributed by atoms with Crippen molar-refractivity contribution in [2.45, 2.75) is 19.4 Å². The molecule has 0 bridgehead atoms. The molecular formula is C11H13BrClNO. The Morgan fingerprint density at radius 1 is 1.47 bits per heavy atom. The van der Waals surface area contributed by atoms with E-state index in [4.69, 9.17) is 11.6 Å². The lowest BCUT2D eigenvalue weighted by atomic mass is 10.2. The molecule has 1 unspecified atom stereocenters. The lowest BCUT2D eigenvalue weighted by Crippen LogP contribution is -2.32. The van der Waals surface area contributed by atoms with Gasteiger partial charge in [0.25, 0.3) is 5.91 Å². The molecule has 0 heterocycles. The average molecular weight is 291 g/mol. The van der Waals surface area contributed by atoms with Crippen LogP contribution in [0.4, 0.5) is 0 Å². The van der Waals surface area contributed by atoms with Crippen molar-refractivity contribution in [2.24, 2.45) is 0 Å². The number of carbonyl (C=O) groups excluding carboxylic acids is 1. The number of rotatable bonds is 4. The Morgan fingerprint density at radius 3 is 2.60 bits per heavy atom. The molecule has 0 radical (unpaired) electrons. The van der Waals surface area contributed by atoms with E-state index in [0.717, 1.165) is 11.8 Å². The summed E-state index contributed by atoms with van der Waals surface area (Å²) in [5, 5.41) is 4.43. The van der Waals surface area contributed by atoms with Crippen molar-refractivity contribution < 1.29 is 4.79 Å². The fourth-order valence-corrected chi connectivity index (χ4v) is 1.96. The summed E-state index contributed by atoms with van der Waals surface area (Å²) in [5.41, 5.74) is 0.640. The zero-order valence-electron chi connectivity index (χ0n) is 8.47. The van der Waals surface area contributed by atoms with Gasteiger partial charge < -0.3 is 5.32 Å². The van der Waals surface area contributed by atoms with Crippen molar-refractivity contribution in [1.82, 2.24) is 5.32 Å². The molecule has 0 aliphatic carbocycles. The van der Waals surface area contributed by atoms with Gasteiger partial charge in [0, 0.05) is 22.0 Å². The van der Waals surface area contributed by atoms with Crippen molar-refractivity contribution in [3.63, 3.8) is 0 Å². The number of halogens is 2. The molecular weight excluding hydrogens is 277 g/mol. The molecule has 0 fully saturated rings. The molecule has 0 aromatic heterocycles. The molecule has 1 N–H and O–H groups in total. The van der Waals surface area contributed by atoms with Gasteiger partial charge in [0.1, 0.15) is 0 Å². The lowest BCUT2D eigenvalue weighted by molar-refractivity contribution is 0.0939. The van der Waals surface area contributed by atoms with Gasteiger partial charge in [0.15, 0.2) is 0 Å². The van der Waals surface area contributed by atoms with E-state index in [-0.39, 0.29) is 11.9 Å². The van der Waals surface area contributed by atoms with Gasteiger partial charge in [0.2, 0.25) is 0 Å². The van der Waals surface area contributed by atoms with Crippen molar-refractivity contribution in [3.05, 3.63) is 34.9 Å². The van der Waals surface area contributed by atoms with Crippen LogP contribution in [0.15, 0.2) is 24.3 Å². The van der Waals surface area contributed by atoms with Crippen LogP contribution in [-0.2, 0) is 0 Å². The largest absolute Gasteiger partial charge is 0.350 e. The predicted molar refractivity (Wildman–Crippen MR) is 66.8 cm³/mol. The van der Waals surface area contributed by atoms with E-state index in [1.165, 1.54) is 0 Å². The molecule has 0 spiro atoms. The number of nitrogens with one attached hydrogen (secondary N) is 1. The van der Waals surface area contributed by atoms with E-state index in [2.05, 4.69) is 21.2 Å². The van der Waals surface area contributed by atoms with Crippen LogP contribution in [0, 0.1) is 0 Å². The zero-order valence-corrected chi connectivity index (χ0v) is 10.8. The van der Waals surface area contributed by atoms with Crippen LogP contribution >= 0.6 is 27.5 Å². The van der Waals surface area contributed by atoms with E-state index in [1.807, 2.05) is 6.92 Å². The van der Waals surface area contributed by atoms with E-state index >= 15 is 0 Å². The lowest BCUT2D eigenvalue weighted by Gasteiger charge is -2.12. The van der Waals surface area contributed by atoms with Crippen LogP contribution in [0.3, 0.4) is 0 Å². The van der Waals surface area contributed by atoms with Crippen molar-refractivity contribution in [2.75, 3.05) is 5.33 Å². The highest BCUT2D eigenvalue weighted by molar-refractivity contribution is 9.09. The Labute approximate surface area is 103 Å². The monoisotopic (exact) mass is 289 g/mol. The van der Waals surface area contributed by atoms with Crippen molar-refractivity contribution >= 4 is 33.4 Å². The first kappa shape index (κ1) is 12.5. The van der Waals surface area contributed by atoms with Crippen LogP contribution in [0.1, 0.15) is 23.7 Å². The van der Waals surface area contributed by atoms with E-state index in [1.54, 1.807) is 24.3 Å². The molecule has 4 heteroatoms. The fraction of sp³-hybridized carbons (Fsp3) is 0.364. The topological polar surface area (TPSA) is 29.1 Å². The van der Waals surface area contributed by atoms with Gasteiger partial charge in [-0.2, -0.15) is 0 Å². The zero-order chi connectivity index (χ0) is 11.3. The average Bonchev–Trinajstić information content (AvgIpc) is 2.18. The molecule has 0 aliphatic rings. The summed E-state index contributed by atoms with van der Waals surface area (Å²) in [4.78, 5) is 11.7. The molecule has 0 aliphatic heterocycles. The maximum Gasteiger partial charge on any atom is 0.251 e. The molecule has 1 rings (SSSR count). The van der Waals surface area contributed by atoms with Gasteiger partial charge in [-0.1, -0.05) is 27.5 Å². The van der Waals surface area contributed by atoms with Crippen molar-refractivity contribution in [1.29, 1.82) is 0 Å². The number of carbonyl (C=O) groups is 1. The summed E-state index contributed by atoms with van der Waals surface area (Å²) >= 11 is 9.07. The molecule has 1 aromatic rings. The van der Waals surface area contributed by atoms with Crippen LogP contribution in [-0.4, -0.2) is 17.3 Å². The maximum absolute atomic E-state index is 11.7. The minimum absolute atomic E-state index is 0.0554. The molecule has 82 valence electrons. The highest BCUT2D eigenvalue weighted by atomic mass is 79.9. The summed E-state index contributed by atoms with van der Waals surface area (Å²) in [6, 6.07) is 7.04. The van der Waals surface area contributed by atoms with Gasteiger partial charge in [0.05, 0.1) is 0 Å². The van der Waals surface area contributed by atoms with Gasteiger partial charge in [-0.3, -0.25) is 4.79 Å². The smallest absolute Gasteiger partial charge is 0.251 e. The first-order chi connectivity index (χ1) is 7.13. The van der Waals surface area contributed by atoms with Crippen LogP contribution < -0.4 is 5.32 Å². The maximum atomic E-state index is 11.7. The molecule has 0 saturated heterocycles.